The van der Waals surface area contributed by atoms with Crippen LogP contribution in [-0.4, -0.2) is 35.0 Å². The van der Waals surface area contributed by atoms with Gasteiger partial charge in [-0.15, -0.1) is 0 Å². The minimum absolute atomic E-state index is 0.174. The van der Waals surface area contributed by atoms with Gasteiger partial charge in [0.05, 0.1) is 19.8 Å². The van der Waals surface area contributed by atoms with Crippen LogP contribution < -0.4 is 14.8 Å². The summed E-state index contributed by atoms with van der Waals surface area (Å²) in [5, 5.41) is 7.46. The van der Waals surface area contributed by atoms with E-state index in [1.807, 2.05) is 49.4 Å². The zero-order chi connectivity index (χ0) is 21.1. The molecule has 1 aromatic heterocycles. The van der Waals surface area contributed by atoms with Crippen LogP contribution in [0.15, 0.2) is 66.1 Å². The minimum atomic E-state index is -0.562. The van der Waals surface area contributed by atoms with E-state index in [2.05, 4.69) is 15.4 Å². The number of esters is 1. The van der Waals surface area contributed by atoms with Gasteiger partial charge in [-0.2, -0.15) is 10.1 Å². The average Bonchev–Trinajstić information content (AvgIpc) is 3.24. The fraction of sp³-hybridized carbons (Fsp3) is 0.227. The average molecular weight is 406 g/mol. The largest absolute Gasteiger partial charge is 0.497 e. The van der Waals surface area contributed by atoms with E-state index in [1.54, 1.807) is 25.0 Å². The van der Waals surface area contributed by atoms with Gasteiger partial charge in [-0.3, -0.25) is 0 Å². The molecule has 0 saturated carbocycles. The lowest BCUT2D eigenvalue weighted by Gasteiger charge is -2.29. The molecule has 8 heteroatoms. The highest BCUT2D eigenvalue weighted by Crippen LogP contribution is 2.40. The van der Waals surface area contributed by atoms with E-state index >= 15 is 0 Å². The number of ether oxygens (including phenoxy) is 3. The first-order valence-electron chi connectivity index (χ1n) is 9.42. The maximum Gasteiger partial charge on any atom is 0.338 e. The van der Waals surface area contributed by atoms with Crippen molar-refractivity contribution < 1.29 is 19.0 Å². The molecule has 1 unspecified atom stereocenters. The van der Waals surface area contributed by atoms with Crippen molar-refractivity contribution in [2.75, 3.05) is 19.5 Å². The van der Waals surface area contributed by atoms with Gasteiger partial charge in [-0.25, -0.2) is 9.48 Å². The lowest BCUT2D eigenvalue weighted by molar-refractivity contribution is -0.140. The van der Waals surface area contributed by atoms with Crippen molar-refractivity contribution in [3.8, 4) is 11.5 Å². The van der Waals surface area contributed by atoms with Crippen molar-refractivity contribution in [1.82, 2.24) is 14.8 Å². The number of hydrogen-bond acceptors (Lipinski definition) is 7. The molecule has 4 rings (SSSR count). The number of rotatable bonds is 6. The Labute approximate surface area is 174 Å². The molecule has 0 fully saturated rings. The molecule has 2 heterocycles. The molecule has 1 atom stereocenters. The first-order chi connectivity index (χ1) is 14.6. The molecule has 0 aliphatic carbocycles. The van der Waals surface area contributed by atoms with E-state index in [9.17, 15) is 4.79 Å². The summed E-state index contributed by atoms with van der Waals surface area (Å²) >= 11 is 0. The zero-order valence-corrected chi connectivity index (χ0v) is 17.0. The lowest BCUT2D eigenvalue weighted by atomic mass is 9.95. The molecule has 8 nitrogen and oxygen atoms in total. The van der Waals surface area contributed by atoms with E-state index in [1.165, 1.54) is 6.33 Å². The molecular formula is C22H22N4O4. The van der Waals surface area contributed by atoms with Crippen LogP contribution in [0.2, 0.25) is 0 Å². The highest BCUT2D eigenvalue weighted by molar-refractivity contribution is 5.92. The van der Waals surface area contributed by atoms with Gasteiger partial charge in [0.25, 0.3) is 0 Å². The van der Waals surface area contributed by atoms with Crippen molar-refractivity contribution in [2.45, 2.75) is 19.6 Å². The Bertz CT molecular complexity index is 1090. The fourth-order valence-electron chi connectivity index (χ4n) is 3.49. The molecule has 2 aromatic carbocycles. The highest BCUT2D eigenvalue weighted by Gasteiger charge is 2.36. The van der Waals surface area contributed by atoms with Crippen molar-refractivity contribution in [3.05, 3.63) is 77.3 Å². The number of hydrogen-bond donors (Lipinski definition) is 1. The molecule has 3 aromatic rings. The highest BCUT2D eigenvalue weighted by atomic mass is 16.5. The predicted molar refractivity (Wildman–Crippen MR) is 110 cm³/mol. The molecule has 1 aliphatic heterocycles. The number of methoxy groups -OCH3 is 2. The molecule has 0 spiro atoms. The number of carbonyl (C=O) groups excluding carboxylic acids is 1. The summed E-state index contributed by atoms with van der Waals surface area (Å²) in [6.45, 7) is 1.99. The van der Waals surface area contributed by atoms with Crippen molar-refractivity contribution in [2.24, 2.45) is 0 Å². The normalized spacial score (nSPS) is 15.2. The van der Waals surface area contributed by atoms with Gasteiger partial charge in [-0.05, 0) is 24.6 Å². The van der Waals surface area contributed by atoms with Crippen molar-refractivity contribution in [3.63, 3.8) is 0 Å². The van der Waals surface area contributed by atoms with Gasteiger partial charge in [-0.1, -0.05) is 30.3 Å². The Morgan fingerprint density at radius 1 is 1.13 bits per heavy atom. The number of benzene rings is 2. The lowest BCUT2D eigenvalue weighted by Crippen LogP contribution is -2.30. The maximum atomic E-state index is 13.2. The van der Waals surface area contributed by atoms with Crippen LogP contribution in [0.3, 0.4) is 0 Å². The Balaban J connectivity index is 1.73. The molecule has 1 aliphatic rings. The summed E-state index contributed by atoms with van der Waals surface area (Å²) in [6.07, 6.45) is 1.44. The number of nitrogens with zero attached hydrogens (tertiary/aromatic N) is 3. The summed E-state index contributed by atoms with van der Waals surface area (Å²) in [7, 11) is 3.16. The van der Waals surface area contributed by atoms with E-state index in [4.69, 9.17) is 14.2 Å². The Kier molecular flexibility index (Phi) is 5.38. The summed E-state index contributed by atoms with van der Waals surface area (Å²) in [6, 6.07) is 14.4. The first-order valence-corrected chi connectivity index (χ1v) is 9.42. The first kappa shape index (κ1) is 19.5. The number of nitrogens with one attached hydrogen (secondary N) is 1. The number of allylic oxidation sites excluding steroid dienone is 1. The van der Waals surface area contributed by atoms with Crippen LogP contribution in [0.25, 0.3) is 0 Å². The van der Waals surface area contributed by atoms with E-state index in [-0.39, 0.29) is 6.61 Å². The standard InChI is InChI=1S/C22H22N4O4/c1-14-19(21(27)30-12-15-7-5-4-6-8-15)20(26-22(25-14)23-13-24-26)17-10-9-16(28-2)11-18(17)29-3/h4-11,13,20H,12H2,1-3H3,(H,23,24,25). The van der Waals surface area contributed by atoms with Gasteiger partial charge in [0.1, 0.15) is 30.5 Å². The second-order valence-corrected chi connectivity index (χ2v) is 6.76. The summed E-state index contributed by atoms with van der Waals surface area (Å²) < 4.78 is 18.2. The zero-order valence-electron chi connectivity index (χ0n) is 17.0. The number of carbonyl (C=O) groups is 1. The Morgan fingerprint density at radius 3 is 2.67 bits per heavy atom. The minimum Gasteiger partial charge on any atom is -0.497 e. The van der Waals surface area contributed by atoms with Crippen LogP contribution in [0.1, 0.15) is 24.1 Å². The second-order valence-electron chi connectivity index (χ2n) is 6.76. The van der Waals surface area contributed by atoms with E-state index in [0.717, 1.165) is 11.1 Å². The van der Waals surface area contributed by atoms with Crippen molar-refractivity contribution >= 4 is 11.9 Å². The monoisotopic (exact) mass is 406 g/mol. The maximum absolute atomic E-state index is 13.2. The Morgan fingerprint density at radius 2 is 1.93 bits per heavy atom. The van der Waals surface area contributed by atoms with Gasteiger partial charge in [0.15, 0.2) is 0 Å². The van der Waals surface area contributed by atoms with Crippen LogP contribution in [0, 0.1) is 0 Å². The van der Waals surface area contributed by atoms with Gasteiger partial charge in [0.2, 0.25) is 5.95 Å². The summed E-state index contributed by atoms with van der Waals surface area (Å²) in [4.78, 5) is 17.4. The summed E-state index contributed by atoms with van der Waals surface area (Å²) in [5.41, 5.74) is 2.74. The number of anilines is 1. The van der Waals surface area contributed by atoms with E-state index < -0.39 is 12.0 Å². The van der Waals surface area contributed by atoms with Crippen LogP contribution in [-0.2, 0) is 16.1 Å². The van der Waals surface area contributed by atoms with Crippen LogP contribution in [0.5, 0.6) is 11.5 Å². The molecule has 1 N–H and O–H groups in total. The third-order valence-corrected chi connectivity index (χ3v) is 4.96. The quantitative estimate of drug-likeness (QED) is 0.628. The second kappa shape index (κ2) is 8.28. The number of fused-ring (bicyclic) bond motifs is 1. The molecule has 30 heavy (non-hydrogen) atoms. The molecule has 0 bridgehead atoms. The molecule has 0 radical (unpaired) electrons. The van der Waals surface area contributed by atoms with Gasteiger partial charge in [0, 0.05) is 17.3 Å². The van der Waals surface area contributed by atoms with Crippen molar-refractivity contribution in [1.29, 1.82) is 0 Å². The third kappa shape index (κ3) is 3.59. The third-order valence-electron chi connectivity index (χ3n) is 4.96. The number of aromatic nitrogens is 3. The van der Waals surface area contributed by atoms with Gasteiger partial charge < -0.3 is 19.5 Å². The fourth-order valence-corrected chi connectivity index (χ4v) is 3.49. The van der Waals surface area contributed by atoms with E-state index in [0.29, 0.717) is 28.7 Å². The molecule has 0 saturated heterocycles. The predicted octanol–water partition coefficient (Wildman–Crippen LogP) is 3.33. The van der Waals surface area contributed by atoms with Crippen LogP contribution >= 0.6 is 0 Å². The van der Waals surface area contributed by atoms with Gasteiger partial charge >= 0.3 is 5.97 Å². The SMILES string of the molecule is COc1ccc(C2C(C(=O)OCc3ccccc3)=C(C)Nc3ncnn32)c(OC)c1. The Hall–Kier alpha value is -3.81. The molecule has 154 valence electrons. The van der Waals surface area contributed by atoms with Crippen LogP contribution in [0.4, 0.5) is 5.95 Å². The smallest absolute Gasteiger partial charge is 0.338 e. The topological polar surface area (TPSA) is 87.5 Å². The summed E-state index contributed by atoms with van der Waals surface area (Å²) in [5.74, 6) is 1.32. The molecular weight excluding hydrogens is 384 g/mol. The molecule has 0 amide bonds.